The standard InChI is InChI=1S/C12H21NO/c1-10(11-6-5-9-14-11)13-8-7-12(2,3)4/h5-6,9-10,13H,7-8H2,1-4H3/t10-/m1/s1. The molecule has 14 heavy (non-hydrogen) atoms. The molecule has 0 radical (unpaired) electrons. The summed E-state index contributed by atoms with van der Waals surface area (Å²) in [5.74, 6) is 1.01. The van der Waals surface area contributed by atoms with Crippen LogP contribution in [0.1, 0.15) is 45.9 Å². The van der Waals surface area contributed by atoms with Crippen LogP contribution in [0.5, 0.6) is 0 Å². The minimum atomic E-state index is 0.312. The minimum Gasteiger partial charge on any atom is -0.468 e. The Bertz CT molecular complexity index is 246. The predicted molar refractivity (Wildman–Crippen MR) is 59.2 cm³/mol. The van der Waals surface area contributed by atoms with Crippen LogP contribution < -0.4 is 5.32 Å². The van der Waals surface area contributed by atoms with Gasteiger partial charge in [0.15, 0.2) is 0 Å². The normalized spacial score (nSPS) is 14.3. The van der Waals surface area contributed by atoms with Gasteiger partial charge in [0.2, 0.25) is 0 Å². The lowest BCUT2D eigenvalue weighted by Gasteiger charge is -2.19. The molecule has 0 fully saturated rings. The summed E-state index contributed by atoms with van der Waals surface area (Å²) < 4.78 is 5.32. The molecule has 0 saturated heterocycles. The lowest BCUT2D eigenvalue weighted by molar-refractivity contribution is 0.346. The lowest BCUT2D eigenvalue weighted by Crippen LogP contribution is -2.23. The first-order chi connectivity index (χ1) is 6.49. The first-order valence-corrected chi connectivity index (χ1v) is 5.26. The number of nitrogens with one attached hydrogen (secondary N) is 1. The first kappa shape index (κ1) is 11.3. The first-order valence-electron chi connectivity index (χ1n) is 5.26. The zero-order chi connectivity index (χ0) is 10.6. The maximum Gasteiger partial charge on any atom is 0.120 e. The number of furan rings is 1. The van der Waals surface area contributed by atoms with Crippen LogP contribution in [0.3, 0.4) is 0 Å². The highest BCUT2D eigenvalue weighted by Gasteiger charge is 2.11. The Kier molecular flexibility index (Phi) is 3.76. The monoisotopic (exact) mass is 195 g/mol. The predicted octanol–water partition coefficient (Wildman–Crippen LogP) is 3.37. The lowest BCUT2D eigenvalue weighted by atomic mass is 9.92. The van der Waals surface area contributed by atoms with E-state index in [0.717, 1.165) is 12.3 Å². The van der Waals surface area contributed by atoms with Crippen molar-refractivity contribution in [2.75, 3.05) is 6.54 Å². The zero-order valence-electron chi connectivity index (χ0n) is 9.63. The van der Waals surface area contributed by atoms with Gasteiger partial charge in [-0.25, -0.2) is 0 Å². The van der Waals surface area contributed by atoms with Gasteiger partial charge in [-0.2, -0.15) is 0 Å². The highest BCUT2D eigenvalue weighted by molar-refractivity contribution is 5.02. The third-order valence-corrected chi connectivity index (χ3v) is 2.30. The highest BCUT2D eigenvalue weighted by Crippen LogP contribution is 2.18. The van der Waals surface area contributed by atoms with Crippen molar-refractivity contribution in [3.63, 3.8) is 0 Å². The van der Waals surface area contributed by atoms with Crippen molar-refractivity contribution in [1.82, 2.24) is 5.32 Å². The molecule has 1 aromatic heterocycles. The molecule has 0 aromatic carbocycles. The van der Waals surface area contributed by atoms with E-state index in [1.807, 2.05) is 12.1 Å². The molecule has 0 unspecified atom stereocenters. The van der Waals surface area contributed by atoms with Gasteiger partial charge < -0.3 is 9.73 Å². The summed E-state index contributed by atoms with van der Waals surface area (Å²) in [7, 11) is 0. The molecule has 1 N–H and O–H groups in total. The molecule has 0 aliphatic rings. The summed E-state index contributed by atoms with van der Waals surface area (Å²) in [6.07, 6.45) is 2.90. The molecule has 0 spiro atoms. The van der Waals surface area contributed by atoms with Crippen LogP contribution >= 0.6 is 0 Å². The second-order valence-corrected chi connectivity index (χ2v) is 5.00. The van der Waals surface area contributed by atoms with E-state index in [1.165, 1.54) is 6.42 Å². The Morgan fingerprint density at radius 3 is 2.64 bits per heavy atom. The fourth-order valence-electron chi connectivity index (χ4n) is 1.30. The van der Waals surface area contributed by atoms with E-state index in [-0.39, 0.29) is 0 Å². The molecule has 1 atom stereocenters. The van der Waals surface area contributed by atoms with Gasteiger partial charge in [-0.1, -0.05) is 20.8 Å². The summed E-state index contributed by atoms with van der Waals surface area (Å²) in [6, 6.07) is 4.25. The quantitative estimate of drug-likeness (QED) is 0.797. The maximum absolute atomic E-state index is 5.32. The molecular formula is C12H21NO. The minimum absolute atomic E-state index is 0.312. The van der Waals surface area contributed by atoms with Crippen molar-refractivity contribution in [1.29, 1.82) is 0 Å². The zero-order valence-corrected chi connectivity index (χ0v) is 9.63. The van der Waals surface area contributed by atoms with Crippen molar-refractivity contribution in [2.45, 2.75) is 40.2 Å². The number of rotatable bonds is 4. The summed E-state index contributed by atoms with van der Waals surface area (Å²) in [5, 5.41) is 3.45. The average Bonchev–Trinajstić information content (AvgIpc) is 2.53. The average molecular weight is 195 g/mol. The Labute approximate surface area is 86.7 Å². The van der Waals surface area contributed by atoms with Crippen LogP contribution in [0, 0.1) is 5.41 Å². The van der Waals surface area contributed by atoms with E-state index in [2.05, 4.69) is 33.0 Å². The van der Waals surface area contributed by atoms with Crippen molar-refractivity contribution >= 4 is 0 Å². The molecule has 2 heteroatoms. The van der Waals surface area contributed by atoms with Gasteiger partial charge in [0, 0.05) is 0 Å². The van der Waals surface area contributed by atoms with Gasteiger partial charge in [-0.3, -0.25) is 0 Å². The third kappa shape index (κ3) is 3.97. The molecule has 2 nitrogen and oxygen atoms in total. The molecule has 1 aromatic rings. The smallest absolute Gasteiger partial charge is 0.120 e. The topological polar surface area (TPSA) is 25.2 Å². The Balaban J connectivity index is 2.26. The van der Waals surface area contributed by atoms with E-state index in [1.54, 1.807) is 6.26 Å². The second-order valence-electron chi connectivity index (χ2n) is 5.00. The van der Waals surface area contributed by atoms with E-state index in [0.29, 0.717) is 11.5 Å². The summed E-state index contributed by atoms with van der Waals surface area (Å²) in [5.41, 5.74) is 0.399. The molecule has 0 amide bonds. The van der Waals surface area contributed by atoms with Crippen molar-refractivity contribution in [3.05, 3.63) is 24.2 Å². The Morgan fingerprint density at radius 1 is 1.43 bits per heavy atom. The van der Waals surface area contributed by atoms with Gasteiger partial charge >= 0.3 is 0 Å². The third-order valence-electron chi connectivity index (χ3n) is 2.30. The summed E-state index contributed by atoms with van der Waals surface area (Å²) in [6.45, 7) is 9.93. The number of hydrogen-bond acceptors (Lipinski definition) is 2. The van der Waals surface area contributed by atoms with E-state index in [9.17, 15) is 0 Å². The SMILES string of the molecule is C[C@@H](NCCC(C)(C)C)c1ccco1. The number of hydrogen-bond donors (Lipinski definition) is 1. The molecule has 80 valence electrons. The van der Waals surface area contributed by atoms with Crippen LogP contribution in [0.25, 0.3) is 0 Å². The molecule has 0 bridgehead atoms. The van der Waals surface area contributed by atoms with Gasteiger partial charge in [0.05, 0.1) is 12.3 Å². The fraction of sp³-hybridized carbons (Fsp3) is 0.667. The molecule has 0 aliphatic heterocycles. The molecular weight excluding hydrogens is 174 g/mol. The molecule has 1 heterocycles. The van der Waals surface area contributed by atoms with Gasteiger partial charge in [0.25, 0.3) is 0 Å². The van der Waals surface area contributed by atoms with Crippen LogP contribution in [0.4, 0.5) is 0 Å². The van der Waals surface area contributed by atoms with Gasteiger partial charge in [-0.15, -0.1) is 0 Å². The Morgan fingerprint density at radius 2 is 2.14 bits per heavy atom. The van der Waals surface area contributed by atoms with Gasteiger partial charge in [-0.05, 0) is 37.4 Å². The Hall–Kier alpha value is -0.760. The maximum atomic E-state index is 5.32. The molecule has 0 saturated carbocycles. The summed E-state index contributed by atoms with van der Waals surface area (Å²) in [4.78, 5) is 0. The van der Waals surface area contributed by atoms with Crippen molar-refractivity contribution < 1.29 is 4.42 Å². The van der Waals surface area contributed by atoms with Gasteiger partial charge in [0.1, 0.15) is 5.76 Å². The molecule has 0 aliphatic carbocycles. The van der Waals surface area contributed by atoms with Crippen LogP contribution in [-0.2, 0) is 0 Å². The molecule has 1 rings (SSSR count). The van der Waals surface area contributed by atoms with Crippen molar-refractivity contribution in [3.8, 4) is 0 Å². The fourth-order valence-corrected chi connectivity index (χ4v) is 1.30. The van der Waals surface area contributed by atoms with Crippen molar-refractivity contribution in [2.24, 2.45) is 5.41 Å². The largest absolute Gasteiger partial charge is 0.468 e. The summed E-state index contributed by atoms with van der Waals surface area (Å²) >= 11 is 0. The van der Waals surface area contributed by atoms with Crippen LogP contribution in [0.2, 0.25) is 0 Å². The van der Waals surface area contributed by atoms with E-state index in [4.69, 9.17) is 4.42 Å². The van der Waals surface area contributed by atoms with E-state index < -0.39 is 0 Å². The van der Waals surface area contributed by atoms with Crippen LogP contribution in [0.15, 0.2) is 22.8 Å². The van der Waals surface area contributed by atoms with E-state index >= 15 is 0 Å². The second kappa shape index (κ2) is 4.65. The van der Waals surface area contributed by atoms with Crippen LogP contribution in [-0.4, -0.2) is 6.54 Å². The highest BCUT2D eigenvalue weighted by atomic mass is 16.3.